The van der Waals surface area contributed by atoms with Gasteiger partial charge in [0.2, 0.25) is 0 Å². The highest BCUT2D eigenvalue weighted by Crippen LogP contribution is 1.92. The second-order valence-corrected chi connectivity index (χ2v) is 2.31. The highest BCUT2D eigenvalue weighted by Gasteiger charge is 2.00. The standard InChI is InChI=1S/C8H12N2O2/c1-7(2)8(11)12-5-3-4-10-6-9/h10H,1,3-5H2,2H3. The highest BCUT2D eigenvalue weighted by molar-refractivity contribution is 5.86. The lowest BCUT2D eigenvalue weighted by atomic mass is 10.3. The molecule has 0 atom stereocenters. The molecule has 0 aliphatic carbocycles. The molecule has 0 aromatic rings. The Morgan fingerprint density at radius 1 is 1.75 bits per heavy atom. The van der Waals surface area contributed by atoms with Crippen molar-refractivity contribution >= 4 is 5.97 Å². The number of nitrogens with one attached hydrogen (secondary N) is 1. The molecule has 0 aromatic carbocycles. The minimum Gasteiger partial charge on any atom is -0.462 e. The van der Waals surface area contributed by atoms with Crippen molar-refractivity contribution in [2.75, 3.05) is 13.2 Å². The maximum Gasteiger partial charge on any atom is 0.333 e. The number of hydrogen-bond acceptors (Lipinski definition) is 4. The summed E-state index contributed by atoms with van der Waals surface area (Å²) in [5.74, 6) is -0.382. The van der Waals surface area contributed by atoms with Crippen LogP contribution in [0.25, 0.3) is 0 Å². The molecule has 66 valence electrons. The van der Waals surface area contributed by atoms with Gasteiger partial charge in [0.05, 0.1) is 6.61 Å². The fourth-order valence-corrected chi connectivity index (χ4v) is 0.505. The summed E-state index contributed by atoms with van der Waals surface area (Å²) in [6.07, 6.45) is 2.40. The first-order valence-electron chi connectivity index (χ1n) is 3.63. The van der Waals surface area contributed by atoms with E-state index in [1.807, 2.05) is 0 Å². The van der Waals surface area contributed by atoms with E-state index in [4.69, 9.17) is 10.00 Å². The summed E-state index contributed by atoms with van der Waals surface area (Å²) in [5, 5.41) is 10.5. The minimum atomic E-state index is -0.382. The van der Waals surface area contributed by atoms with E-state index in [0.29, 0.717) is 25.1 Å². The molecule has 0 aliphatic heterocycles. The van der Waals surface area contributed by atoms with Crippen LogP contribution in [0.2, 0.25) is 0 Å². The van der Waals surface area contributed by atoms with Gasteiger partial charge in [0.15, 0.2) is 6.19 Å². The van der Waals surface area contributed by atoms with E-state index in [9.17, 15) is 4.79 Å². The molecule has 0 aromatic heterocycles. The number of nitrogens with zero attached hydrogens (tertiary/aromatic N) is 1. The van der Waals surface area contributed by atoms with Crippen LogP contribution < -0.4 is 5.32 Å². The first-order chi connectivity index (χ1) is 5.68. The Balaban J connectivity index is 3.27. The van der Waals surface area contributed by atoms with Gasteiger partial charge in [-0.2, -0.15) is 5.26 Å². The van der Waals surface area contributed by atoms with E-state index in [2.05, 4.69) is 11.9 Å². The van der Waals surface area contributed by atoms with Gasteiger partial charge < -0.3 is 10.1 Å². The summed E-state index contributed by atoms with van der Waals surface area (Å²) in [4.78, 5) is 10.8. The van der Waals surface area contributed by atoms with Crippen molar-refractivity contribution in [2.45, 2.75) is 13.3 Å². The van der Waals surface area contributed by atoms with E-state index in [-0.39, 0.29) is 5.97 Å². The lowest BCUT2D eigenvalue weighted by Gasteiger charge is -2.02. The molecule has 0 heterocycles. The molecule has 4 nitrogen and oxygen atoms in total. The van der Waals surface area contributed by atoms with Crippen molar-refractivity contribution in [1.29, 1.82) is 5.26 Å². The third kappa shape index (κ3) is 5.30. The zero-order valence-electron chi connectivity index (χ0n) is 7.09. The third-order valence-corrected chi connectivity index (χ3v) is 1.11. The van der Waals surface area contributed by atoms with E-state index in [1.165, 1.54) is 0 Å². The van der Waals surface area contributed by atoms with Crippen molar-refractivity contribution in [1.82, 2.24) is 5.32 Å². The minimum absolute atomic E-state index is 0.320. The Labute approximate surface area is 71.8 Å². The number of hydrogen-bond donors (Lipinski definition) is 1. The Kier molecular flexibility index (Phi) is 5.45. The molecular formula is C8H12N2O2. The van der Waals surface area contributed by atoms with Crippen molar-refractivity contribution in [3.63, 3.8) is 0 Å². The van der Waals surface area contributed by atoms with E-state index in [1.54, 1.807) is 13.1 Å². The topological polar surface area (TPSA) is 62.1 Å². The first-order valence-corrected chi connectivity index (χ1v) is 3.63. The fraction of sp³-hybridized carbons (Fsp3) is 0.500. The van der Waals surface area contributed by atoms with Gasteiger partial charge >= 0.3 is 5.97 Å². The summed E-state index contributed by atoms with van der Waals surface area (Å²) in [6, 6.07) is 0. The summed E-state index contributed by atoms with van der Waals surface area (Å²) in [7, 11) is 0. The van der Waals surface area contributed by atoms with Crippen molar-refractivity contribution in [2.24, 2.45) is 0 Å². The maximum absolute atomic E-state index is 10.8. The molecule has 1 N–H and O–H groups in total. The van der Waals surface area contributed by atoms with Crippen LogP contribution in [-0.4, -0.2) is 19.1 Å². The molecule has 0 saturated carbocycles. The summed E-state index contributed by atoms with van der Waals surface area (Å²) < 4.78 is 4.76. The highest BCUT2D eigenvalue weighted by atomic mass is 16.5. The van der Waals surface area contributed by atoms with E-state index in [0.717, 1.165) is 0 Å². The van der Waals surface area contributed by atoms with Crippen LogP contribution in [0.1, 0.15) is 13.3 Å². The average Bonchev–Trinajstić information content (AvgIpc) is 2.03. The third-order valence-electron chi connectivity index (χ3n) is 1.11. The molecule has 0 amide bonds. The zero-order chi connectivity index (χ0) is 9.40. The van der Waals surface area contributed by atoms with E-state index < -0.39 is 0 Å². The molecule has 0 radical (unpaired) electrons. The lowest BCUT2D eigenvalue weighted by Crippen LogP contribution is -2.12. The van der Waals surface area contributed by atoms with Crippen LogP contribution in [0.5, 0.6) is 0 Å². The fourth-order valence-electron chi connectivity index (χ4n) is 0.505. The number of carbonyl (C=O) groups excluding carboxylic acids is 1. The Hall–Kier alpha value is -1.50. The van der Waals surface area contributed by atoms with Crippen molar-refractivity contribution in [3.05, 3.63) is 12.2 Å². The van der Waals surface area contributed by atoms with Gasteiger partial charge in [-0.3, -0.25) is 0 Å². The van der Waals surface area contributed by atoms with Crippen LogP contribution in [-0.2, 0) is 9.53 Å². The molecule has 0 rings (SSSR count). The van der Waals surface area contributed by atoms with Crippen LogP contribution in [0, 0.1) is 11.5 Å². The monoisotopic (exact) mass is 168 g/mol. The zero-order valence-corrected chi connectivity index (χ0v) is 7.09. The molecule has 0 fully saturated rings. The number of rotatable bonds is 5. The summed E-state index contributed by atoms with van der Waals surface area (Å²) >= 11 is 0. The van der Waals surface area contributed by atoms with Crippen LogP contribution in [0.3, 0.4) is 0 Å². The largest absolute Gasteiger partial charge is 0.462 e. The summed E-state index contributed by atoms with van der Waals surface area (Å²) in [5.41, 5.74) is 0.392. The number of carbonyl (C=O) groups is 1. The van der Waals surface area contributed by atoms with Gasteiger partial charge in [-0.25, -0.2) is 4.79 Å². The average molecular weight is 168 g/mol. The lowest BCUT2D eigenvalue weighted by molar-refractivity contribution is -0.138. The molecule has 0 unspecified atom stereocenters. The quantitative estimate of drug-likeness (QED) is 0.214. The van der Waals surface area contributed by atoms with Gasteiger partial charge in [0, 0.05) is 12.1 Å². The maximum atomic E-state index is 10.8. The molecule has 4 heteroatoms. The number of esters is 1. The van der Waals surface area contributed by atoms with Gasteiger partial charge in [-0.1, -0.05) is 6.58 Å². The van der Waals surface area contributed by atoms with Gasteiger partial charge in [-0.15, -0.1) is 0 Å². The van der Waals surface area contributed by atoms with Gasteiger partial charge in [0.1, 0.15) is 0 Å². The SMILES string of the molecule is C=C(C)C(=O)OCCCNC#N. The Bertz CT molecular complexity index is 206. The molecule has 0 bridgehead atoms. The molecule has 0 aliphatic rings. The first kappa shape index (κ1) is 10.5. The normalized spacial score (nSPS) is 8.33. The van der Waals surface area contributed by atoms with Crippen LogP contribution >= 0.6 is 0 Å². The van der Waals surface area contributed by atoms with E-state index >= 15 is 0 Å². The second-order valence-electron chi connectivity index (χ2n) is 2.31. The van der Waals surface area contributed by atoms with Crippen LogP contribution in [0.4, 0.5) is 0 Å². The summed E-state index contributed by atoms with van der Waals surface area (Å²) in [6.45, 7) is 5.87. The molecule has 12 heavy (non-hydrogen) atoms. The smallest absolute Gasteiger partial charge is 0.333 e. The molecular weight excluding hydrogens is 156 g/mol. The molecule has 0 spiro atoms. The predicted octanol–water partition coefficient (Wildman–Crippen LogP) is 0.566. The van der Waals surface area contributed by atoms with Crippen LogP contribution in [0.15, 0.2) is 12.2 Å². The second kappa shape index (κ2) is 6.23. The number of ether oxygens (including phenoxy) is 1. The van der Waals surface area contributed by atoms with Gasteiger partial charge in [0.25, 0.3) is 0 Å². The predicted molar refractivity (Wildman–Crippen MR) is 44.0 cm³/mol. The van der Waals surface area contributed by atoms with Crippen molar-refractivity contribution in [3.8, 4) is 6.19 Å². The number of nitriles is 1. The van der Waals surface area contributed by atoms with Crippen molar-refractivity contribution < 1.29 is 9.53 Å². The Morgan fingerprint density at radius 2 is 2.42 bits per heavy atom. The molecule has 0 saturated heterocycles. The Morgan fingerprint density at radius 3 is 2.92 bits per heavy atom. The van der Waals surface area contributed by atoms with Gasteiger partial charge in [-0.05, 0) is 13.3 Å².